The van der Waals surface area contributed by atoms with Gasteiger partial charge in [0, 0.05) is 24.2 Å². The van der Waals surface area contributed by atoms with Crippen molar-refractivity contribution in [1.82, 2.24) is 16.1 Å². The smallest absolute Gasteiger partial charge is 0.268 e. The van der Waals surface area contributed by atoms with Crippen LogP contribution in [0.25, 0.3) is 0 Å². The lowest BCUT2D eigenvalue weighted by molar-refractivity contribution is -0.133. The number of nitrogens with two attached hydrogens (primary N) is 1. The SMILES string of the molecule is C=C/C=C(/C#Cc1ccc(C(=O)N[C@H](C(=O)NO)[C@@H](C)O)cc1)NCCN. The van der Waals surface area contributed by atoms with Crippen LogP contribution in [0.4, 0.5) is 0 Å². The second kappa shape index (κ2) is 11.5. The van der Waals surface area contributed by atoms with Crippen molar-refractivity contribution in [3.63, 3.8) is 0 Å². The van der Waals surface area contributed by atoms with Crippen LogP contribution < -0.4 is 21.8 Å². The Hall–Kier alpha value is -3.12. The van der Waals surface area contributed by atoms with Gasteiger partial charge in [0.05, 0.1) is 11.8 Å². The molecule has 0 bridgehead atoms. The number of amides is 2. The van der Waals surface area contributed by atoms with E-state index in [9.17, 15) is 14.7 Å². The first-order chi connectivity index (χ1) is 12.9. The minimum Gasteiger partial charge on any atom is -0.391 e. The Balaban J connectivity index is 2.85. The van der Waals surface area contributed by atoms with E-state index < -0.39 is 24.0 Å². The zero-order valence-electron chi connectivity index (χ0n) is 15.0. The van der Waals surface area contributed by atoms with E-state index in [1.54, 1.807) is 36.4 Å². The van der Waals surface area contributed by atoms with Gasteiger partial charge in [-0.2, -0.15) is 0 Å². The van der Waals surface area contributed by atoms with E-state index >= 15 is 0 Å². The molecule has 0 aliphatic rings. The molecule has 27 heavy (non-hydrogen) atoms. The summed E-state index contributed by atoms with van der Waals surface area (Å²) in [5.41, 5.74) is 8.48. The van der Waals surface area contributed by atoms with Crippen molar-refractivity contribution in [2.45, 2.75) is 19.1 Å². The van der Waals surface area contributed by atoms with Gasteiger partial charge in [-0.3, -0.25) is 14.8 Å². The van der Waals surface area contributed by atoms with Crippen molar-refractivity contribution in [3.05, 3.63) is 59.8 Å². The highest BCUT2D eigenvalue weighted by Gasteiger charge is 2.25. The van der Waals surface area contributed by atoms with Crippen LogP contribution in [0, 0.1) is 11.8 Å². The second-order valence-electron chi connectivity index (χ2n) is 5.53. The summed E-state index contributed by atoms with van der Waals surface area (Å²) in [7, 11) is 0. The molecule has 1 aromatic rings. The quantitative estimate of drug-likeness (QED) is 0.160. The molecule has 0 aliphatic carbocycles. The summed E-state index contributed by atoms with van der Waals surface area (Å²) in [4.78, 5) is 23.7. The summed E-state index contributed by atoms with van der Waals surface area (Å²) in [6.07, 6.45) is 2.16. The standard InChI is InChI=1S/C19H24N4O4/c1-3-4-16(21-12-11-20)10-7-14-5-8-15(9-6-14)18(25)22-17(13(2)24)19(26)23-27/h3-6,8-9,13,17,21,24,27H,1,11-12,20H2,2H3,(H,22,25)(H,23,26)/b16-4-/t13-,17+/m1/s1. The molecular weight excluding hydrogens is 348 g/mol. The van der Waals surface area contributed by atoms with Gasteiger partial charge >= 0.3 is 0 Å². The highest BCUT2D eigenvalue weighted by molar-refractivity contribution is 5.97. The van der Waals surface area contributed by atoms with E-state index in [-0.39, 0.29) is 5.56 Å². The maximum atomic E-state index is 12.2. The van der Waals surface area contributed by atoms with E-state index in [1.165, 1.54) is 12.4 Å². The molecule has 0 heterocycles. The molecule has 0 unspecified atom stereocenters. The maximum Gasteiger partial charge on any atom is 0.268 e. The van der Waals surface area contributed by atoms with E-state index in [4.69, 9.17) is 10.9 Å². The lowest BCUT2D eigenvalue weighted by Gasteiger charge is -2.19. The fraction of sp³-hybridized carbons (Fsp3) is 0.263. The Kier molecular flexibility index (Phi) is 9.33. The van der Waals surface area contributed by atoms with Crippen LogP contribution in [0.5, 0.6) is 0 Å². The predicted molar refractivity (Wildman–Crippen MR) is 102 cm³/mol. The molecule has 2 amide bonds. The molecule has 144 valence electrons. The number of hydroxylamine groups is 1. The number of carbonyl (C=O) groups excluding carboxylic acids is 2. The molecule has 0 fully saturated rings. The van der Waals surface area contributed by atoms with Crippen molar-refractivity contribution in [3.8, 4) is 11.8 Å². The van der Waals surface area contributed by atoms with Crippen LogP contribution in [-0.4, -0.2) is 47.4 Å². The first-order valence-corrected chi connectivity index (χ1v) is 8.24. The van der Waals surface area contributed by atoms with Gasteiger partial charge in [0.2, 0.25) is 0 Å². The molecule has 8 nitrogen and oxygen atoms in total. The van der Waals surface area contributed by atoms with Crippen LogP contribution in [-0.2, 0) is 4.79 Å². The minimum absolute atomic E-state index is 0.278. The number of nitrogens with one attached hydrogen (secondary N) is 3. The van der Waals surface area contributed by atoms with E-state index in [2.05, 4.69) is 29.1 Å². The number of hydrogen-bond donors (Lipinski definition) is 6. The van der Waals surface area contributed by atoms with E-state index in [0.29, 0.717) is 24.4 Å². The van der Waals surface area contributed by atoms with Crippen molar-refractivity contribution < 1.29 is 19.9 Å². The zero-order chi connectivity index (χ0) is 20.2. The lowest BCUT2D eigenvalue weighted by atomic mass is 10.1. The number of allylic oxidation sites excluding steroid dienone is 3. The topological polar surface area (TPSA) is 137 Å². The first kappa shape index (κ1) is 21.9. The number of aliphatic hydroxyl groups is 1. The van der Waals surface area contributed by atoms with Crippen LogP contribution in [0.1, 0.15) is 22.8 Å². The maximum absolute atomic E-state index is 12.2. The lowest BCUT2D eigenvalue weighted by Crippen LogP contribution is -2.51. The molecule has 1 rings (SSSR count). The first-order valence-electron chi connectivity index (χ1n) is 8.24. The average Bonchev–Trinajstić information content (AvgIpc) is 2.67. The van der Waals surface area contributed by atoms with Gasteiger partial charge in [-0.05, 0) is 43.2 Å². The third kappa shape index (κ3) is 7.33. The van der Waals surface area contributed by atoms with E-state index in [0.717, 1.165) is 0 Å². The third-order valence-corrected chi connectivity index (χ3v) is 3.39. The van der Waals surface area contributed by atoms with Gasteiger partial charge in [-0.15, -0.1) is 0 Å². The summed E-state index contributed by atoms with van der Waals surface area (Å²) < 4.78 is 0. The summed E-state index contributed by atoms with van der Waals surface area (Å²) >= 11 is 0. The number of rotatable bonds is 8. The van der Waals surface area contributed by atoms with Crippen LogP contribution in [0.15, 0.2) is 48.7 Å². The Morgan fingerprint density at radius 3 is 2.52 bits per heavy atom. The zero-order valence-corrected chi connectivity index (χ0v) is 15.0. The Labute approximate surface area is 158 Å². The molecular formula is C19H24N4O4. The molecule has 0 aromatic heterocycles. The monoisotopic (exact) mass is 372 g/mol. The summed E-state index contributed by atoms with van der Waals surface area (Å²) in [6, 6.07) is 5.11. The molecule has 0 aliphatic heterocycles. The van der Waals surface area contributed by atoms with Crippen LogP contribution >= 0.6 is 0 Å². The van der Waals surface area contributed by atoms with Gasteiger partial charge < -0.3 is 21.5 Å². The summed E-state index contributed by atoms with van der Waals surface area (Å²) in [5, 5.41) is 23.6. The van der Waals surface area contributed by atoms with Crippen molar-refractivity contribution >= 4 is 11.8 Å². The number of benzene rings is 1. The van der Waals surface area contributed by atoms with Gasteiger partial charge in [0.15, 0.2) is 0 Å². The summed E-state index contributed by atoms with van der Waals surface area (Å²) in [5.74, 6) is 4.42. The summed E-state index contributed by atoms with van der Waals surface area (Å²) in [6.45, 7) is 6.01. The molecule has 7 N–H and O–H groups in total. The van der Waals surface area contributed by atoms with Gasteiger partial charge in [-0.25, -0.2) is 5.48 Å². The van der Waals surface area contributed by atoms with Crippen molar-refractivity contribution in [2.24, 2.45) is 5.73 Å². The highest BCUT2D eigenvalue weighted by atomic mass is 16.5. The van der Waals surface area contributed by atoms with Gasteiger partial charge in [-0.1, -0.05) is 18.6 Å². The molecule has 1 aromatic carbocycles. The fourth-order valence-electron chi connectivity index (χ4n) is 2.01. The number of carbonyl (C=O) groups is 2. The number of aliphatic hydroxyl groups excluding tert-OH is 1. The van der Waals surface area contributed by atoms with Crippen molar-refractivity contribution in [1.29, 1.82) is 0 Å². The van der Waals surface area contributed by atoms with Gasteiger partial charge in [0.25, 0.3) is 11.8 Å². The Morgan fingerprint density at radius 2 is 2.00 bits per heavy atom. The Bertz CT molecular complexity index is 745. The molecule has 8 heteroatoms. The van der Waals surface area contributed by atoms with Crippen LogP contribution in [0.3, 0.4) is 0 Å². The fourth-order valence-corrected chi connectivity index (χ4v) is 2.01. The molecule has 2 atom stereocenters. The predicted octanol–water partition coefficient (Wildman–Crippen LogP) is -0.359. The van der Waals surface area contributed by atoms with Gasteiger partial charge in [0.1, 0.15) is 6.04 Å². The van der Waals surface area contributed by atoms with Crippen LogP contribution in [0.2, 0.25) is 0 Å². The normalized spacial score (nSPS) is 12.8. The van der Waals surface area contributed by atoms with E-state index in [1.807, 2.05) is 0 Å². The molecule has 0 spiro atoms. The third-order valence-electron chi connectivity index (χ3n) is 3.39. The average molecular weight is 372 g/mol. The second-order valence-corrected chi connectivity index (χ2v) is 5.53. The largest absolute Gasteiger partial charge is 0.391 e. The molecule has 0 saturated heterocycles. The molecule has 0 radical (unpaired) electrons. The Morgan fingerprint density at radius 1 is 1.33 bits per heavy atom. The number of hydrogen-bond acceptors (Lipinski definition) is 6. The molecule has 0 saturated carbocycles. The van der Waals surface area contributed by atoms with Crippen molar-refractivity contribution in [2.75, 3.05) is 13.1 Å². The minimum atomic E-state index is -1.28. The highest BCUT2D eigenvalue weighted by Crippen LogP contribution is 2.05.